The van der Waals surface area contributed by atoms with Gasteiger partial charge in [-0.05, 0) is 91.2 Å². The van der Waals surface area contributed by atoms with E-state index in [1.807, 2.05) is 31.2 Å². The van der Waals surface area contributed by atoms with E-state index in [-0.39, 0.29) is 12.0 Å². The van der Waals surface area contributed by atoms with Gasteiger partial charge >= 0.3 is 5.97 Å². The molecular weight excluding hydrogens is 534 g/mol. The molecule has 0 radical (unpaired) electrons. The van der Waals surface area contributed by atoms with Crippen molar-refractivity contribution in [3.63, 3.8) is 0 Å². The van der Waals surface area contributed by atoms with Gasteiger partial charge in [0.2, 0.25) is 0 Å². The van der Waals surface area contributed by atoms with Gasteiger partial charge in [0.25, 0.3) is 0 Å². The summed E-state index contributed by atoms with van der Waals surface area (Å²) in [5.41, 5.74) is 9.31. The van der Waals surface area contributed by atoms with Gasteiger partial charge in [-0.3, -0.25) is 4.90 Å². The minimum Gasteiger partial charge on any atom is -0.492 e. The minimum atomic E-state index is -0.594. The summed E-state index contributed by atoms with van der Waals surface area (Å²) in [5.74, 6) is 0.495. The highest BCUT2D eigenvalue weighted by Gasteiger charge is 2.27. The van der Waals surface area contributed by atoms with E-state index in [2.05, 4.69) is 84.7 Å². The van der Waals surface area contributed by atoms with Crippen molar-refractivity contribution in [2.75, 3.05) is 33.4 Å². The SMILES string of the molecule is CCOC(=O)C(Cc1ccc(OCCN(C)C2c3ccccc3CCc3ccc(Cc4ccccc4)cc32)cc1)OCC. The summed E-state index contributed by atoms with van der Waals surface area (Å²) in [6.07, 6.45) is 2.91. The van der Waals surface area contributed by atoms with E-state index in [1.165, 1.54) is 33.4 Å². The lowest BCUT2D eigenvalue weighted by Gasteiger charge is -2.30. The Hall–Kier alpha value is -3.93. The first-order valence-electron chi connectivity index (χ1n) is 15.5. The molecule has 0 saturated carbocycles. The third-order valence-corrected chi connectivity index (χ3v) is 8.18. The van der Waals surface area contributed by atoms with Crippen LogP contribution in [0.25, 0.3) is 0 Å². The van der Waals surface area contributed by atoms with E-state index in [0.29, 0.717) is 26.2 Å². The number of benzene rings is 4. The largest absolute Gasteiger partial charge is 0.492 e. The third kappa shape index (κ3) is 7.92. The van der Waals surface area contributed by atoms with Crippen molar-refractivity contribution >= 4 is 5.97 Å². The second kappa shape index (κ2) is 15.0. The second-order valence-corrected chi connectivity index (χ2v) is 11.2. The number of carbonyl (C=O) groups is 1. The molecule has 0 fully saturated rings. The number of fused-ring (bicyclic) bond motifs is 2. The third-order valence-electron chi connectivity index (χ3n) is 8.18. The molecule has 2 unspecified atom stereocenters. The molecule has 43 heavy (non-hydrogen) atoms. The highest BCUT2D eigenvalue weighted by Crippen LogP contribution is 2.37. The van der Waals surface area contributed by atoms with E-state index in [0.717, 1.165) is 37.1 Å². The Morgan fingerprint density at radius 2 is 1.49 bits per heavy atom. The Balaban J connectivity index is 1.27. The lowest BCUT2D eigenvalue weighted by molar-refractivity contribution is -0.156. The lowest BCUT2D eigenvalue weighted by Crippen LogP contribution is -2.30. The summed E-state index contributed by atoms with van der Waals surface area (Å²) in [6, 6.07) is 34.7. The Morgan fingerprint density at radius 3 is 2.23 bits per heavy atom. The quantitative estimate of drug-likeness (QED) is 0.160. The molecule has 5 nitrogen and oxygen atoms in total. The molecular formula is C38H43NO4. The maximum absolute atomic E-state index is 12.2. The maximum atomic E-state index is 12.2. The predicted octanol–water partition coefficient (Wildman–Crippen LogP) is 6.99. The molecule has 4 aromatic rings. The summed E-state index contributed by atoms with van der Waals surface area (Å²) >= 11 is 0. The molecule has 0 amide bonds. The zero-order chi connectivity index (χ0) is 30.0. The minimum absolute atomic E-state index is 0.161. The zero-order valence-corrected chi connectivity index (χ0v) is 25.6. The number of likely N-dealkylation sites (N-methyl/N-ethyl adjacent to an activating group) is 1. The van der Waals surface area contributed by atoms with Crippen LogP contribution in [0.3, 0.4) is 0 Å². The maximum Gasteiger partial charge on any atom is 0.335 e. The van der Waals surface area contributed by atoms with Crippen molar-refractivity contribution in [1.82, 2.24) is 4.90 Å². The van der Waals surface area contributed by atoms with Gasteiger partial charge in [-0.1, -0.05) is 84.9 Å². The van der Waals surface area contributed by atoms with Crippen LogP contribution in [0, 0.1) is 0 Å². The highest BCUT2D eigenvalue weighted by atomic mass is 16.6. The van der Waals surface area contributed by atoms with Crippen LogP contribution in [0.5, 0.6) is 5.75 Å². The van der Waals surface area contributed by atoms with Crippen LogP contribution in [0.15, 0.2) is 97.1 Å². The standard InChI is InChI=1S/C38H43NO4/c1-4-41-36(38(40)42-5-2)27-29-16-21-33(22-17-29)43-24-23-39(3)37-34-14-10-9-13-31(34)19-20-32-18-15-30(26-35(32)37)25-28-11-7-6-8-12-28/h6-18,21-22,26,36-37H,4-5,19-20,23-25,27H2,1-3H3. The molecule has 224 valence electrons. The smallest absolute Gasteiger partial charge is 0.335 e. The number of ether oxygens (including phenoxy) is 3. The average Bonchev–Trinajstić information content (AvgIpc) is 3.19. The number of esters is 1. The molecule has 5 heteroatoms. The monoisotopic (exact) mass is 577 g/mol. The first kappa shape index (κ1) is 30.5. The fraction of sp³-hybridized carbons (Fsp3) is 0.342. The van der Waals surface area contributed by atoms with Crippen LogP contribution in [0.1, 0.15) is 58.8 Å². The number of hydrogen-bond acceptors (Lipinski definition) is 5. The van der Waals surface area contributed by atoms with Crippen molar-refractivity contribution in [1.29, 1.82) is 0 Å². The average molecular weight is 578 g/mol. The normalized spacial score (nSPS) is 14.8. The number of hydrogen-bond donors (Lipinski definition) is 0. The molecule has 0 heterocycles. The van der Waals surface area contributed by atoms with Crippen molar-refractivity contribution < 1.29 is 19.0 Å². The number of nitrogens with zero attached hydrogens (tertiary/aromatic N) is 1. The molecule has 1 aliphatic carbocycles. The Morgan fingerprint density at radius 1 is 0.791 bits per heavy atom. The molecule has 0 aromatic heterocycles. The first-order chi connectivity index (χ1) is 21.1. The van der Waals surface area contributed by atoms with Gasteiger partial charge in [0.05, 0.1) is 12.6 Å². The van der Waals surface area contributed by atoms with Gasteiger partial charge in [0.15, 0.2) is 6.10 Å². The van der Waals surface area contributed by atoms with E-state index in [1.54, 1.807) is 6.92 Å². The van der Waals surface area contributed by atoms with Crippen LogP contribution < -0.4 is 4.74 Å². The topological polar surface area (TPSA) is 48.0 Å². The molecule has 0 bridgehead atoms. The molecule has 0 saturated heterocycles. The summed E-state index contributed by atoms with van der Waals surface area (Å²) in [5, 5.41) is 0. The van der Waals surface area contributed by atoms with E-state index in [4.69, 9.17) is 14.2 Å². The number of carbonyl (C=O) groups excluding carboxylic acids is 1. The molecule has 0 aliphatic heterocycles. The summed E-state index contributed by atoms with van der Waals surface area (Å²) in [4.78, 5) is 14.7. The zero-order valence-electron chi connectivity index (χ0n) is 25.6. The van der Waals surface area contributed by atoms with Crippen molar-refractivity contribution in [2.45, 2.75) is 51.7 Å². The second-order valence-electron chi connectivity index (χ2n) is 11.2. The van der Waals surface area contributed by atoms with Gasteiger partial charge in [-0.2, -0.15) is 0 Å². The van der Waals surface area contributed by atoms with Gasteiger partial charge in [0.1, 0.15) is 12.4 Å². The summed E-state index contributed by atoms with van der Waals surface area (Å²) < 4.78 is 17.0. The Bertz CT molecular complexity index is 1470. The molecule has 2 atom stereocenters. The van der Waals surface area contributed by atoms with Crippen LogP contribution in [0.4, 0.5) is 0 Å². The van der Waals surface area contributed by atoms with Crippen molar-refractivity contribution in [3.05, 3.63) is 136 Å². The van der Waals surface area contributed by atoms with Gasteiger partial charge < -0.3 is 14.2 Å². The van der Waals surface area contributed by atoms with Crippen LogP contribution in [0.2, 0.25) is 0 Å². The van der Waals surface area contributed by atoms with E-state index < -0.39 is 6.10 Å². The van der Waals surface area contributed by atoms with Crippen molar-refractivity contribution in [3.8, 4) is 5.75 Å². The van der Waals surface area contributed by atoms with E-state index in [9.17, 15) is 4.79 Å². The molecule has 1 aliphatic rings. The van der Waals surface area contributed by atoms with Gasteiger partial charge in [-0.25, -0.2) is 4.79 Å². The van der Waals surface area contributed by atoms with Gasteiger partial charge in [0, 0.05) is 19.6 Å². The summed E-state index contributed by atoms with van der Waals surface area (Å²) in [6.45, 7) is 5.84. The van der Waals surface area contributed by atoms with Gasteiger partial charge in [-0.15, -0.1) is 0 Å². The molecule has 5 rings (SSSR count). The van der Waals surface area contributed by atoms with Crippen LogP contribution in [-0.2, 0) is 40.0 Å². The molecule has 0 N–H and O–H groups in total. The summed E-state index contributed by atoms with van der Waals surface area (Å²) in [7, 11) is 2.20. The lowest BCUT2D eigenvalue weighted by atomic mass is 9.91. The predicted molar refractivity (Wildman–Crippen MR) is 172 cm³/mol. The van der Waals surface area contributed by atoms with Crippen LogP contribution >= 0.6 is 0 Å². The highest BCUT2D eigenvalue weighted by molar-refractivity contribution is 5.75. The first-order valence-corrected chi connectivity index (χ1v) is 15.5. The van der Waals surface area contributed by atoms with E-state index >= 15 is 0 Å². The number of aryl methyl sites for hydroxylation is 2. The molecule has 4 aromatic carbocycles. The fourth-order valence-corrected chi connectivity index (χ4v) is 6.03. The van der Waals surface area contributed by atoms with Crippen molar-refractivity contribution in [2.24, 2.45) is 0 Å². The molecule has 0 spiro atoms. The Labute approximate surface area is 256 Å². The fourth-order valence-electron chi connectivity index (χ4n) is 6.03. The van der Waals surface area contributed by atoms with Crippen LogP contribution in [-0.4, -0.2) is 50.4 Å². The number of rotatable bonds is 13. The Kier molecular flexibility index (Phi) is 10.6.